The molecule has 0 aliphatic carbocycles. The van der Waals surface area contributed by atoms with Crippen molar-refractivity contribution < 1.29 is 18.8 Å². The number of carbonyl (C=O) groups excluding carboxylic acids is 3. The Kier molecular flexibility index (Phi) is 4.52. The standard InChI is InChI=1S/C21H15FN4O3/c1-13(27)25-12-15(19(23-25)14-7-9-16(22)10-8-14)11-18-20(28)24-26(21(18)29)17-5-3-2-4-6-17/h2-12H,1H3,(H,24,28)/b18-11+. The second kappa shape index (κ2) is 7.16. The van der Waals surface area contributed by atoms with E-state index in [1.165, 1.54) is 43.5 Å². The van der Waals surface area contributed by atoms with Gasteiger partial charge in [-0.1, -0.05) is 18.2 Å². The lowest BCUT2D eigenvalue weighted by Gasteiger charge is -2.13. The van der Waals surface area contributed by atoms with Crippen LogP contribution in [-0.2, 0) is 9.59 Å². The van der Waals surface area contributed by atoms with Crippen LogP contribution in [0.4, 0.5) is 10.1 Å². The number of anilines is 1. The second-order valence-corrected chi connectivity index (χ2v) is 6.38. The van der Waals surface area contributed by atoms with Crippen molar-refractivity contribution in [1.29, 1.82) is 0 Å². The summed E-state index contributed by atoms with van der Waals surface area (Å²) >= 11 is 0. The third kappa shape index (κ3) is 3.43. The Labute approximate surface area is 165 Å². The van der Waals surface area contributed by atoms with Gasteiger partial charge in [0.1, 0.15) is 17.1 Å². The Morgan fingerprint density at radius 1 is 1.07 bits per heavy atom. The molecule has 0 unspecified atom stereocenters. The van der Waals surface area contributed by atoms with E-state index in [2.05, 4.69) is 10.5 Å². The Hall–Kier alpha value is -4.07. The number of hydrogen-bond donors (Lipinski definition) is 1. The van der Waals surface area contributed by atoms with Crippen LogP contribution >= 0.6 is 0 Å². The van der Waals surface area contributed by atoms with Crippen LogP contribution in [0.2, 0.25) is 0 Å². The summed E-state index contributed by atoms with van der Waals surface area (Å²) < 4.78 is 14.4. The maximum atomic E-state index is 13.3. The van der Waals surface area contributed by atoms with Crippen molar-refractivity contribution in [3.05, 3.63) is 77.7 Å². The zero-order valence-electron chi connectivity index (χ0n) is 15.3. The van der Waals surface area contributed by atoms with Crippen LogP contribution in [0.15, 0.2) is 66.4 Å². The summed E-state index contributed by atoms with van der Waals surface area (Å²) in [5.74, 6) is -1.85. The molecule has 0 atom stereocenters. The first kappa shape index (κ1) is 18.3. The molecule has 1 aliphatic heterocycles. The van der Waals surface area contributed by atoms with Crippen LogP contribution in [0.5, 0.6) is 0 Å². The number of rotatable bonds is 3. The van der Waals surface area contributed by atoms with Gasteiger partial charge in [-0.15, -0.1) is 0 Å². The molecular weight excluding hydrogens is 375 g/mol. The van der Waals surface area contributed by atoms with E-state index in [0.29, 0.717) is 22.5 Å². The van der Waals surface area contributed by atoms with Gasteiger partial charge in [-0.2, -0.15) is 5.10 Å². The Bertz CT molecular complexity index is 1150. The van der Waals surface area contributed by atoms with Crippen molar-refractivity contribution in [2.75, 3.05) is 5.01 Å². The van der Waals surface area contributed by atoms with Crippen molar-refractivity contribution in [1.82, 2.24) is 15.2 Å². The van der Waals surface area contributed by atoms with Crippen LogP contribution in [0, 0.1) is 5.82 Å². The molecular formula is C21H15FN4O3. The lowest BCUT2D eigenvalue weighted by Crippen LogP contribution is -2.35. The Balaban J connectivity index is 1.77. The highest BCUT2D eigenvalue weighted by Gasteiger charge is 2.34. The number of carbonyl (C=O) groups is 3. The minimum absolute atomic E-state index is 0.0969. The fourth-order valence-corrected chi connectivity index (χ4v) is 2.96. The van der Waals surface area contributed by atoms with Gasteiger partial charge in [-0.3, -0.25) is 19.8 Å². The summed E-state index contributed by atoms with van der Waals surface area (Å²) in [6, 6.07) is 14.2. The first-order valence-electron chi connectivity index (χ1n) is 8.73. The zero-order chi connectivity index (χ0) is 20.5. The van der Waals surface area contributed by atoms with E-state index < -0.39 is 17.6 Å². The van der Waals surface area contributed by atoms with E-state index in [9.17, 15) is 18.8 Å². The van der Waals surface area contributed by atoms with E-state index in [1.54, 1.807) is 30.3 Å². The summed E-state index contributed by atoms with van der Waals surface area (Å²) in [7, 11) is 0. The number of benzene rings is 2. The molecule has 0 spiro atoms. The third-order valence-electron chi connectivity index (χ3n) is 4.39. The molecule has 0 bridgehead atoms. The number of para-hydroxylation sites is 1. The van der Waals surface area contributed by atoms with Gasteiger partial charge in [-0.05, 0) is 42.5 Å². The number of halogens is 1. The smallest absolute Gasteiger partial charge is 0.273 e. The third-order valence-corrected chi connectivity index (χ3v) is 4.39. The van der Waals surface area contributed by atoms with Crippen LogP contribution in [0.1, 0.15) is 17.3 Å². The van der Waals surface area contributed by atoms with Gasteiger partial charge in [0.2, 0.25) is 5.91 Å². The van der Waals surface area contributed by atoms with Crippen molar-refractivity contribution in [2.45, 2.75) is 6.92 Å². The summed E-state index contributed by atoms with van der Waals surface area (Å²) in [6.07, 6.45) is 2.81. The monoisotopic (exact) mass is 390 g/mol. The molecule has 1 fully saturated rings. The van der Waals surface area contributed by atoms with Crippen molar-refractivity contribution in [3.63, 3.8) is 0 Å². The Morgan fingerprint density at radius 3 is 2.41 bits per heavy atom. The minimum atomic E-state index is -0.570. The fraction of sp³-hybridized carbons (Fsp3) is 0.0476. The molecule has 4 rings (SSSR count). The number of hydrogen-bond acceptors (Lipinski definition) is 4. The number of nitrogens with zero attached hydrogens (tertiary/aromatic N) is 3. The van der Waals surface area contributed by atoms with Crippen molar-refractivity contribution in [3.8, 4) is 11.3 Å². The number of aromatic nitrogens is 2. The van der Waals surface area contributed by atoms with Crippen molar-refractivity contribution in [2.24, 2.45) is 0 Å². The lowest BCUT2D eigenvalue weighted by atomic mass is 10.1. The molecule has 144 valence electrons. The topological polar surface area (TPSA) is 84.3 Å². The molecule has 1 N–H and O–H groups in total. The Morgan fingerprint density at radius 2 is 1.76 bits per heavy atom. The molecule has 8 heteroatoms. The molecule has 1 aliphatic rings. The van der Waals surface area contributed by atoms with Gasteiger partial charge in [0.15, 0.2) is 0 Å². The van der Waals surface area contributed by atoms with E-state index in [4.69, 9.17) is 0 Å². The maximum Gasteiger partial charge on any atom is 0.282 e. The second-order valence-electron chi connectivity index (χ2n) is 6.38. The summed E-state index contributed by atoms with van der Waals surface area (Å²) in [5, 5.41) is 5.38. The van der Waals surface area contributed by atoms with Gasteiger partial charge in [-0.25, -0.2) is 14.1 Å². The SMILES string of the molecule is CC(=O)n1cc(/C=C2\C(=O)NN(c3ccccc3)C2=O)c(-c2ccc(F)cc2)n1. The molecule has 1 aromatic heterocycles. The van der Waals surface area contributed by atoms with Gasteiger partial charge in [0.25, 0.3) is 11.8 Å². The summed E-state index contributed by atoms with van der Waals surface area (Å²) in [4.78, 5) is 37.0. The van der Waals surface area contributed by atoms with Crippen LogP contribution < -0.4 is 10.4 Å². The van der Waals surface area contributed by atoms with Gasteiger partial charge >= 0.3 is 0 Å². The lowest BCUT2D eigenvalue weighted by molar-refractivity contribution is -0.117. The van der Waals surface area contributed by atoms with E-state index in [-0.39, 0.29) is 11.5 Å². The summed E-state index contributed by atoms with van der Waals surface area (Å²) in [6.45, 7) is 1.34. The first-order chi connectivity index (χ1) is 13.9. The maximum absolute atomic E-state index is 13.3. The van der Waals surface area contributed by atoms with Crippen LogP contribution in [-0.4, -0.2) is 27.5 Å². The average Bonchev–Trinajstić information content (AvgIpc) is 3.26. The van der Waals surface area contributed by atoms with Crippen LogP contribution in [0.25, 0.3) is 17.3 Å². The van der Waals surface area contributed by atoms with E-state index >= 15 is 0 Å². The average molecular weight is 390 g/mol. The van der Waals surface area contributed by atoms with Gasteiger partial charge < -0.3 is 0 Å². The normalized spacial score (nSPS) is 15.1. The van der Waals surface area contributed by atoms with E-state index in [0.717, 1.165) is 9.69 Å². The molecule has 1 saturated heterocycles. The highest BCUT2D eigenvalue weighted by atomic mass is 19.1. The highest BCUT2D eigenvalue weighted by Crippen LogP contribution is 2.27. The van der Waals surface area contributed by atoms with Crippen LogP contribution in [0.3, 0.4) is 0 Å². The van der Waals surface area contributed by atoms with Gasteiger partial charge in [0, 0.05) is 24.2 Å². The molecule has 0 radical (unpaired) electrons. The van der Waals surface area contributed by atoms with E-state index in [1.807, 2.05) is 0 Å². The largest absolute Gasteiger partial charge is 0.282 e. The molecule has 2 aromatic carbocycles. The molecule has 2 amide bonds. The molecule has 29 heavy (non-hydrogen) atoms. The zero-order valence-corrected chi connectivity index (χ0v) is 15.3. The molecule has 0 saturated carbocycles. The van der Waals surface area contributed by atoms with Crippen molar-refractivity contribution >= 4 is 29.5 Å². The predicted molar refractivity (Wildman–Crippen MR) is 104 cm³/mol. The number of hydrazine groups is 1. The minimum Gasteiger partial charge on any atom is -0.273 e. The quantitative estimate of drug-likeness (QED) is 0.551. The number of amides is 2. The fourth-order valence-electron chi connectivity index (χ4n) is 2.96. The predicted octanol–water partition coefficient (Wildman–Crippen LogP) is 2.81. The number of nitrogens with one attached hydrogen (secondary N) is 1. The highest BCUT2D eigenvalue weighted by molar-refractivity contribution is 6.31. The molecule has 3 aromatic rings. The molecule has 2 heterocycles. The molecule has 7 nitrogen and oxygen atoms in total. The van der Waals surface area contributed by atoms with Gasteiger partial charge in [0.05, 0.1) is 5.69 Å². The summed E-state index contributed by atoms with van der Waals surface area (Å²) in [5.41, 5.74) is 4.23. The first-order valence-corrected chi connectivity index (χ1v) is 8.73.